The first-order valence-electron chi connectivity index (χ1n) is 4.44. The predicted octanol–water partition coefficient (Wildman–Crippen LogP) is 0.156. The zero-order valence-electron chi connectivity index (χ0n) is 8.72. The van der Waals surface area contributed by atoms with E-state index >= 15 is 0 Å². The lowest BCUT2D eigenvalue weighted by Gasteiger charge is -2.28. The Labute approximate surface area is 75.8 Å². The van der Waals surface area contributed by atoms with E-state index in [9.17, 15) is 0 Å². The highest BCUT2D eigenvalue weighted by Gasteiger charge is 2.17. The molecule has 0 aromatic heterocycles. The Balaban J connectivity index is 3.56. The van der Waals surface area contributed by atoms with Crippen molar-refractivity contribution in [2.24, 2.45) is 5.41 Å². The number of hydrogen-bond acceptors (Lipinski definition) is 3. The number of aliphatic hydroxyl groups excluding tert-OH is 1. The highest BCUT2D eigenvalue weighted by molar-refractivity contribution is 4.73. The summed E-state index contributed by atoms with van der Waals surface area (Å²) in [7, 11) is 4.15. The van der Waals surface area contributed by atoms with Gasteiger partial charge in [-0.05, 0) is 19.5 Å². The van der Waals surface area contributed by atoms with Crippen LogP contribution < -0.4 is 5.32 Å². The standard InChI is InChI=1S/C9H22N2O/c1-9(2,8-11(3)4)7-10-5-6-12/h10,12H,5-8H2,1-4H3. The van der Waals surface area contributed by atoms with Crippen LogP contribution in [0.15, 0.2) is 0 Å². The largest absolute Gasteiger partial charge is 0.395 e. The molecule has 0 bridgehead atoms. The second-order valence-electron chi connectivity index (χ2n) is 4.30. The summed E-state index contributed by atoms with van der Waals surface area (Å²) in [6, 6.07) is 0. The first kappa shape index (κ1) is 11.9. The molecule has 0 saturated heterocycles. The molecule has 0 aromatic rings. The van der Waals surface area contributed by atoms with Gasteiger partial charge in [-0.2, -0.15) is 0 Å². The molecule has 0 aliphatic heterocycles. The molecule has 0 fully saturated rings. The first-order chi connectivity index (χ1) is 5.48. The van der Waals surface area contributed by atoms with Gasteiger partial charge in [0.15, 0.2) is 0 Å². The lowest BCUT2D eigenvalue weighted by atomic mass is 9.93. The fraction of sp³-hybridized carbons (Fsp3) is 1.00. The van der Waals surface area contributed by atoms with Crippen LogP contribution in [-0.2, 0) is 0 Å². The molecule has 2 N–H and O–H groups in total. The summed E-state index contributed by atoms with van der Waals surface area (Å²) in [6.45, 7) is 7.36. The molecule has 74 valence electrons. The molecule has 0 aliphatic rings. The van der Waals surface area contributed by atoms with Gasteiger partial charge in [-0.1, -0.05) is 13.8 Å². The summed E-state index contributed by atoms with van der Waals surface area (Å²) in [5, 5.41) is 11.8. The maximum absolute atomic E-state index is 8.57. The van der Waals surface area contributed by atoms with Crippen LogP contribution in [0.4, 0.5) is 0 Å². The molecule has 0 amide bonds. The highest BCUT2D eigenvalue weighted by atomic mass is 16.3. The average Bonchev–Trinajstić information content (AvgIpc) is 1.84. The zero-order valence-corrected chi connectivity index (χ0v) is 8.72. The van der Waals surface area contributed by atoms with E-state index in [0.717, 1.165) is 13.1 Å². The molecule has 0 radical (unpaired) electrons. The Morgan fingerprint density at radius 2 is 1.92 bits per heavy atom. The number of hydrogen-bond donors (Lipinski definition) is 2. The molecule has 0 saturated carbocycles. The second kappa shape index (κ2) is 5.51. The summed E-state index contributed by atoms with van der Waals surface area (Å²) in [4.78, 5) is 2.18. The quantitative estimate of drug-likeness (QED) is 0.563. The minimum Gasteiger partial charge on any atom is -0.395 e. The first-order valence-corrected chi connectivity index (χ1v) is 4.44. The number of rotatable bonds is 6. The average molecular weight is 174 g/mol. The molecule has 3 nitrogen and oxygen atoms in total. The van der Waals surface area contributed by atoms with Gasteiger partial charge in [-0.25, -0.2) is 0 Å². The van der Waals surface area contributed by atoms with Crippen LogP contribution in [0.3, 0.4) is 0 Å². The van der Waals surface area contributed by atoms with Gasteiger partial charge in [-0.15, -0.1) is 0 Å². The molecule has 0 aromatic carbocycles. The smallest absolute Gasteiger partial charge is 0.0555 e. The van der Waals surface area contributed by atoms with Crippen molar-refractivity contribution in [3.05, 3.63) is 0 Å². The maximum Gasteiger partial charge on any atom is 0.0555 e. The fourth-order valence-electron chi connectivity index (χ4n) is 1.42. The van der Waals surface area contributed by atoms with Crippen molar-refractivity contribution in [3.8, 4) is 0 Å². The van der Waals surface area contributed by atoms with Gasteiger partial charge in [-0.3, -0.25) is 0 Å². The fourth-order valence-corrected chi connectivity index (χ4v) is 1.42. The maximum atomic E-state index is 8.57. The van der Waals surface area contributed by atoms with E-state index in [0.29, 0.717) is 6.54 Å². The molecule has 0 aliphatic carbocycles. The SMILES string of the molecule is CN(C)CC(C)(C)CNCCO. The minimum absolute atomic E-state index is 0.220. The molecular formula is C9H22N2O. The third kappa shape index (κ3) is 6.58. The molecule has 0 rings (SSSR count). The number of nitrogens with one attached hydrogen (secondary N) is 1. The van der Waals surface area contributed by atoms with E-state index in [1.165, 1.54) is 0 Å². The predicted molar refractivity (Wildman–Crippen MR) is 52.3 cm³/mol. The molecule has 3 heteroatoms. The van der Waals surface area contributed by atoms with Crippen molar-refractivity contribution < 1.29 is 5.11 Å². The van der Waals surface area contributed by atoms with Gasteiger partial charge in [0.05, 0.1) is 6.61 Å². The van der Waals surface area contributed by atoms with Gasteiger partial charge >= 0.3 is 0 Å². The van der Waals surface area contributed by atoms with E-state index in [2.05, 4.69) is 38.2 Å². The van der Waals surface area contributed by atoms with E-state index < -0.39 is 0 Å². The van der Waals surface area contributed by atoms with E-state index in [-0.39, 0.29) is 12.0 Å². The van der Waals surface area contributed by atoms with Crippen molar-refractivity contribution in [1.29, 1.82) is 0 Å². The van der Waals surface area contributed by atoms with Gasteiger partial charge in [0, 0.05) is 19.6 Å². The van der Waals surface area contributed by atoms with Crippen LogP contribution in [0, 0.1) is 5.41 Å². The lowest BCUT2D eigenvalue weighted by molar-refractivity contribution is 0.222. The van der Waals surface area contributed by atoms with Crippen LogP contribution >= 0.6 is 0 Å². The Morgan fingerprint density at radius 3 is 2.33 bits per heavy atom. The molecular weight excluding hydrogens is 152 g/mol. The molecule has 0 atom stereocenters. The van der Waals surface area contributed by atoms with Gasteiger partial charge in [0.2, 0.25) is 0 Å². The summed E-state index contributed by atoms with van der Waals surface area (Å²) in [5.74, 6) is 0. The van der Waals surface area contributed by atoms with Crippen LogP contribution in [0.25, 0.3) is 0 Å². The molecule has 0 spiro atoms. The van der Waals surface area contributed by atoms with Crippen LogP contribution in [0.2, 0.25) is 0 Å². The van der Waals surface area contributed by atoms with Crippen molar-refractivity contribution in [1.82, 2.24) is 10.2 Å². The van der Waals surface area contributed by atoms with Crippen molar-refractivity contribution in [2.75, 3.05) is 40.3 Å². The van der Waals surface area contributed by atoms with Gasteiger partial charge in [0.25, 0.3) is 0 Å². The lowest BCUT2D eigenvalue weighted by Crippen LogP contribution is -2.38. The van der Waals surface area contributed by atoms with Crippen molar-refractivity contribution in [3.63, 3.8) is 0 Å². The van der Waals surface area contributed by atoms with Gasteiger partial charge in [0.1, 0.15) is 0 Å². The second-order valence-corrected chi connectivity index (χ2v) is 4.30. The topological polar surface area (TPSA) is 35.5 Å². The highest BCUT2D eigenvalue weighted by Crippen LogP contribution is 2.13. The molecule has 0 unspecified atom stereocenters. The normalized spacial score (nSPS) is 12.5. The summed E-state index contributed by atoms with van der Waals surface area (Å²) < 4.78 is 0. The van der Waals surface area contributed by atoms with Crippen LogP contribution in [0.5, 0.6) is 0 Å². The number of aliphatic hydroxyl groups is 1. The Morgan fingerprint density at radius 1 is 1.33 bits per heavy atom. The van der Waals surface area contributed by atoms with Crippen LogP contribution in [0.1, 0.15) is 13.8 Å². The summed E-state index contributed by atoms with van der Waals surface area (Å²) in [6.07, 6.45) is 0. The Bertz CT molecular complexity index is 113. The molecule has 0 heterocycles. The van der Waals surface area contributed by atoms with Gasteiger partial charge < -0.3 is 15.3 Å². The minimum atomic E-state index is 0.220. The Hall–Kier alpha value is -0.120. The summed E-state index contributed by atoms with van der Waals surface area (Å²) >= 11 is 0. The molecule has 12 heavy (non-hydrogen) atoms. The summed E-state index contributed by atoms with van der Waals surface area (Å²) in [5.41, 5.74) is 0.276. The Kier molecular flexibility index (Phi) is 5.46. The van der Waals surface area contributed by atoms with Crippen LogP contribution in [-0.4, -0.2) is 50.3 Å². The third-order valence-corrected chi connectivity index (χ3v) is 1.64. The van der Waals surface area contributed by atoms with E-state index in [1.807, 2.05) is 0 Å². The monoisotopic (exact) mass is 174 g/mol. The van der Waals surface area contributed by atoms with E-state index in [4.69, 9.17) is 5.11 Å². The third-order valence-electron chi connectivity index (χ3n) is 1.64. The number of nitrogens with zero attached hydrogens (tertiary/aromatic N) is 1. The zero-order chi connectivity index (χ0) is 9.61. The van der Waals surface area contributed by atoms with Crippen molar-refractivity contribution >= 4 is 0 Å². The van der Waals surface area contributed by atoms with E-state index in [1.54, 1.807) is 0 Å². The van der Waals surface area contributed by atoms with Crippen molar-refractivity contribution in [2.45, 2.75) is 13.8 Å².